The molecule has 2 aromatic rings. The lowest BCUT2D eigenvalue weighted by molar-refractivity contribution is -0.142. The van der Waals surface area contributed by atoms with E-state index in [0.29, 0.717) is 18.2 Å². The minimum absolute atomic E-state index is 0.184. The third-order valence-corrected chi connectivity index (χ3v) is 5.22. The first-order valence-corrected chi connectivity index (χ1v) is 8.75. The van der Waals surface area contributed by atoms with Gasteiger partial charge in [-0.25, -0.2) is 0 Å². The molecule has 0 bridgehead atoms. The molecule has 6 heteroatoms. The lowest BCUT2D eigenvalue weighted by Gasteiger charge is -2.22. The molecule has 0 unspecified atom stereocenters. The zero-order valence-electron chi connectivity index (χ0n) is 12.5. The van der Waals surface area contributed by atoms with Gasteiger partial charge in [0.2, 0.25) is 0 Å². The summed E-state index contributed by atoms with van der Waals surface area (Å²) in [7, 11) is 0. The number of nitrogens with zero attached hydrogens (tertiary/aromatic N) is 2. The van der Waals surface area contributed by atoms with Crippen LogP contribution in [0.3, 0.4) is 0 Å². The summed E-state index contributed by atoms with van der Waals surface area (Å²) in [6, 6.07) is 9.21. The van der Waals surface area contributed by atoms with E-state index >= 15 is 0 Å². The Kier molecular flexibility index (Phi) is 4.98. The number of benzene rings is 1. The maximum absolute atomic E-state index is 13.3. The van der Waals surface area contributed by atoms with Gasteiger partial charge in [0.05, 0.1) is 9.26 Å². The molecule has 1 saturated carbocycles. The maximum Gasteiger partial charge on any atom is 0.436 e. The monoisotopic (exact) mass is 433 g/mol. The van der Waals surface area contributed by atoms with Gasteiger partial charge in [-0.1, -0.05) is 30.3 Å². The summed E-state index contributed by atoms with van der Waals surface area (Å²) in [5.74, 6) is 0.388. The molecule has 2 nitrogen and oxygen atoms in total. The summed E-state index contributed by atoms with van der Waals surface area (Å²) in [6.07, 6.45) is 1.94. The van der Waals surface area contributed by atoms with E-state index in [1.807, 2.05) is 30.3 Å². The summed E-state index contributed by atoms with van der Waals surface area (Å²) in [6.45, 7) is 0.546. The summed E-state index contributed by atoms with van der Waals surface area (Å²) in [5.41, 5.74) is 0.578. The Morgan fingerprint density at radius 3 is 2.39 bits per heavy atom. The van der Waals surface area contributed by atoms with Crippen molar-refractivity contribution >= 4 is 22.6 Å². The standard InChI is InChI=1S/C17H17F3IN2/c18-17(19,20)16-14(21)15(13-9-5-2-6-10-13)23(22-16)11-12-7-3-1-4-8-12/h1-2,5-6,9-10,12H,3-4,7-8,11H2. The van der Waals surface area contributed by atoms with Gasteiger partial charge in [-0.15, -0.1) is 0 Å². The number of hydrogen-bond donors (Lipinski definition) is 0. The Bertz CT molecular complexity index is 658. The van der Waals surface area contributed by atoms with Crippen molar-refractivity contribution in [1.29, 1.82) is 0 Å². The Morgan fingerprint density at radius 2 is 1.78 bits per heavy atom. The van der Waals surface area contributed by atoms with Crippen LogP contribution in [0.2, 0.25) is 0 Å². The molecule has 3 rings (SSSR count). The van der Waals surface area contributed by atoms with Crippen molar-refractivity contribution in [2.24, 2.45) is 5.92 Å². The smallest absolute Gasteiger partial charge is 0.263 e. The van der Waals surface area contributed by atoms with E-state index in [1.54, 1.807) is 27.3 Å². The van der Waals surface area contributed by atoms with Crippen LogP contribution in [0.15, 0.2) is 30.3 Å². The minimum atomic E-state index is -4.42. The zero-order valence-corrected chi connectivity index (χ0v) is 14.6. The van der Waals surface area contributed by atoms with Crippen molar-refractivity contribution in [1.82, 2.24) is 9.78 Å². The Hall–Kier alpha value is -1.05. The quantitative estimate of drug-likeness (QED) is 0.579. The second-order valence-corrected chi connectivity index (χ2v) is 6.95. The van der Waals surface area contributed by atoms with E-state index in [1.165, 1.54) is 0 Å². The molecule has 0 aliphatic heterocycles. The highest BCUT2D eigenvalue weighted by atomic mass is 127. The van der Waals surface area contributed by atoms with E-state index in [2.05, 4.69) is 11.5 Å². The molecule has 0 atom stereocenters. The highest BCUT2D eigenvalue weighted by Gasteiger charge is 2.39. The number of rotatable bonds is 3. The van der Waals surface area contributed by atoms with Gasteiger partial charge in [0.1, 0.15) is 0 Å². The van der Waals surface area contributed by atoms with Crippen molar-refractivity contribution < 1.29 is 13.2 Å². The molecule has 1 aromatic heterocycles. The fourth-order valence-electron chi connectivity index (χ4n) is 3.05. The number of alkyl halides is 3. The van der Waals surface area contributed by atoms with Crippen LogP contribution in [0.25, 0.3) is 11.3 Å². The van der Waals surface area contributed by atoms with Crippen LogP contribution in [-0.4, -0.2) is 9.78 Å². The summed E-state index contributed by atoms with van der Waals surface area (Å²) >= 11 is 1.78. The lowest BCUT2D eigenvalue weighted by atomic mass is 9.89. The maximum atomic E-state index is 13.3. The third kappa shape index (κ3) is 3.72. The fourth-order valence-corrected chi connectivity index (χ4v) is 4.05. The van der Waals surface area contributed by atoms with Crippen LogP contribution in [0.4, 0.5) is 13.2 Å². The van der Waals surface area contributed by atoms with Gasteiger partial charge < -0.3 is 0 Å². The average Bonchev–Trinajstić information content (AvgIpc) is 2.86. The van der Waals surface area contributed by atoms with Crippen LogP contribution in [0.1, 0.15) is 31.4 Å². The van der Waals surface area contributed by atoms with Crippen LogP contribution in [-0.2, 0) is 12.7 Å². The van der Waals surface area contributed by atoms with Crippen LogP contribution in [0.5, 0.6) is 0 Å². The molecule has 1 aliphatic rings. The largest absolute Gasteiger partial charge is 0.436 e. The van der Waals surface area contributed by atoms with E-state index in [0.717, 1.165) is 31.2 Å². The van der Waals surface area contributed by atoms with Crippen LogP contribution >= 0.6 is 22.6 Å². The van der Waals surface area contributed by atoms with Gasteiger partial charge in [0.15, 0.2) is 5.69 Å². The highest BCUT2D eigenvalue weighted by molar-refractivity contribution is 14.1. The van der Waals surface area contributed by atoms with Gasteiger partial charge in [-0.05, 0) is 60.6 Å². The van der Waals surface area contributed by atoms with E-state index in [-0.39, 0.29) is 3.57 Å². The zero-order chi connectivity index (χ0) is 16.4. The normalized spacial score (nSPS) is 16.7. The number of halogens is 4. The fraction of sp³-hybridized carbons (Fsp3) is 0.412. The highest BCUT2D eigenvalue weighted by Crippen LogP contribution is 2.38. The molecule has 0 amide bonds. The van der Waals surface area contributed by atoms with Gasteiger partial charge >= 0.3 is 6.18 Å². The number of hydrogen-bond acceptors (Lipinski definition) is 1. The molecular formula is C17H17F3IN2. The summed E-state index contributed by atoms with van der Waals surface area (Å²) in [5, 5.41) is 3.93. The molecule has 0 N–H and O–H groups in total. The van der Waals surface area contributed by atoms with Crippen molar-refractivity contribution in [3.63, 3.8) is 0 Å². The van der Waals surface area contributed by atoms with E-state index in [4.69, 9.17) is 0 Å². The predicted octanol–water partition coefficient (Wildman–Crippen LogP) is 5.57. The molecule has 1 heterocycles. The molecule has 1 aromatic carbocycles. The Morgan fingerprint density at radius 1 is 1.13 bits per heavy atom. The van der Waals surface area contributed by atoms with E-state index < -0.39 is 11.9 Å². The first-order chi connectivity index (χ1) is 11.0. The Balaban J connectivity index is 2.02. The first-order valence-electron chi connectivity index (χ1n) is 7.67. The summed E-state index contributed by atoms with van der Waals surface area (Å²) in [4.78, 5) is 0. The Labute approximate surface area is 147 Å². The predicted molar refractivity (Wildman–Crippen MR) is 91.6 cm³/mol. The third-order valence-electron chi connectivity index (χ3n) is 4.20. The van der Waals surface area contributed by atoms with Gasteiger partial charge in [-0.3, -0.25) is 4.68 Å². The van der Waals surface area contributed by atoms with E-state index in [9.17, 15) is 13.2 Å². The van der Waals surface area contributed by atoms with Crippen molar-refractivity contribution in [3.05, 3.63) is 46.0 Å². The topological polar surface area (TPSA) is 17.8 Å². The number of aromatic nitrogens is 2. The van der Waals surface area contributed by atoms with Gasteiger partial charge in [0, 0.05) is 12.1 Å². The lowest BCUT2D eigenvalue weighted by Crippen LogP contribution is -2.17. The summed E-state index contributed by atoms with van der Waals surface area (Å²) < 4.78 is 41.5. The average molecular weight is 433 g/mol. The molecule has 1 fully saturated rings. The molecule has 1 radical (unpaired) electrons. The second-order valence-electron chi connectivity index (χ2n) is 5.87. The molecular weight excluding hydrogens is 416 g/mol. The minimum Gasteiger partial charge on any atom is -0.263 e. The second kappa shape index (κ2) is 6.83. The molecule has 0 saturated heterocycles. The van der Waals surface area contributed by atoms with Crippen molar-refractivity contribution in [2.45, 2.75) is 38.4 Å². The van der Waals surface area contributed by atoms with Gasteiger partial charge in [0.25, 0.3) is 0 Å². The molecule has 23 heavy (non-hydrogen) atoms. The SMILES string of the molecule is FC(F)(F)c1nn(CC2CC[CH]CC2)c(-c2ccccc2)c1I. The molecule has 123 valence electrons. The first kappa shape index (κ1) is 16.8. The van der Waals surface area contributed by atoms with Crippen molar-refractivity contribution in [2.75, 3.05) is 0 Å². The molecule has 0 spiro atoms. The van der Waals surface area contributed by atoms with Gasteiger partial charge in [-0.2, -0.15) is 18.3 Å². The van der Waals surface area contributed by atoms with Crippen molar-refractivity contribution in [3.8, 4) is 11.3 Å². The van der Waals surface area contributed by atoms with Crippen LogP contribution < -0.4 is 0 Å². The van der Waals surface area contributed by atoms with Crippen LogP contribution in [0, 0.1) is 15.9 Å². The molecule has 1 aliphatic carbocycles.